The van der Waals surface area contributed by atoms with Crippen LogP contribution in [0.4, 0.5) is 0 Å². The minimum Gasteiger partial charge on any atom is -0.462 e. The highest BCUT2D eigenvalue weighted by Crippen LogP contribution is 2.19. The lowest BCUT2D eigenvalue weighted by Crippen LogP contribution is -2.46. The van der Waals surface area contributed by atoms with Crippen LogP contribution in [0.3, 0.4) is 0 Å². The summed E-state index contributed by atoms with van der Waals surface area (Å²) in [5.74, 6) is -0.459. The summed E-state index contributed by atoms with van der Waals surface area (Å²) in [5.41, 5.74) is 0. The zero-order chi connectivity index (χ0) is 47.4. The Bertz CT molecular complexity index is 986. The zero-order valence-corrected chi connectivity index (χ0v) is 44.2. The van der Waals surface area contributed by atoms with Gasteiger partial charge in [0.2, 0.25) is 5.91 Å². The Kier molecular flexibility index (Phi) is 52.4. The molecular weight excluding hydrogens is 803 g/mol. The smallest absolute Gasteiger partial charge is 0.306 e. The van der Waals surface area contributed by atoms with Crippen LogP contribution >= 0.6 is 0 Å². The first-order chi connectivity index (χ1) is 32.0. The van der Waals surface area contributed by atoms with Crippen molar-refractivity contribution in [1.82, 2.24) is 5.32 Å². The van der Waals surface area contributed by atoms with Gasteiger partial charge in [-0.1, -0.05) is 277 Å². The third kappa shape index (κ3) is 48.9. The summed E-state index contributed by atoms with van der Waals surface area (Å²) >= 11 is 0. The van der Waals surface area contributed by atoms with E-state index in [1.54, 1.807) is 0 Å². The van der Waals surface area contributed by atoms with Crippen LogP contribution in [0, 0.1) is 0 Å². The highest BCUT2D eigenvalue weighted by molar-refractivity contribution is 5.77. The highest BCUT2D eigenvalue weighted by Gasteiger charge is 2.24. The van der Waals surface area contributed by atoms with Crippen molar-refractivity contribution < 1.29 is 24.5 Å². The second-order valence-corrected chi connectivity index (χ2v) is 20.4. The number of ether oxygens (including phenoxy) is 1. The Morgan fingerprint density at radius 2 is 0.738 bits per heavy atom. The first-order valence-corrected chi connectivity index (χ1v) is 29.4. The molecule has 0 rings (SSSR count). The van der Waals surface area contributed by atoms with Crippen molar-refractivity contribution in [3.05, 3.63) is 12.2 Å². The van der Waals surface area contributed by atoms with Crippen LogP contribution in [0.15, 0.2) is 12.2 Å². The average Bonchev–Trinajstić information content (AvgIpc) is 3.30. The van der Waals surface area contributed by atoms with Gasteiger partial charge in [-0.15, -0.1) is 0 Å². The van der Waals surface area contributed by atoms with E-state index in [2.05, 4.69) is 38.2 Å². The van der Waals surface area contributed by atoms with Crippen molar-refractivity contribution in [2.24, 2.45) is 0 Å². The summed E-state index contributed by atoms with van der Waals surface area (Å²) in [6.07, 6.45) is 61.3. The van der Waals surface area contributed by atoms with Crippen molar-refractivity contribution in [1.29, 1.82) is 0 Å². The number of carbonyl (C=O) groups is 2. The molecule has 0 bridgehead atoms. The Labute approximate surface area is 406 Å². The summed E-state index contributed by atoms with van der Waals surface area (Å²) in [6.45, 7) is 6.53. The molecule has 6 nitrogen and oxygen atoms in total. The van der Waals surface area contributed by atoms with E-state index in [1.165, 1.54) is 231 Å². The zero-order valence-electron chi connectivity index (χ0n) is 44.2. The minimum atomic E-state index is -0.784. The number of carbonyl (C=O) groups excluding carboxylic acids is 2. The van der Waals surface area contributed by atoms with Gasteiger partial charge in [0.1, 0.15) is 6.10 Å². The Morgan fingerprint density at radius 3 is 1.09 bits per heavy atom. The number of unbranched alkanes of at least 4 members (excludes halogenated alkanes) is 40. The standard InChI is InChI=1S/C59H115NO5/c1-4-7-10-13-16-19-22-25-27-28-29-31-34-37-40-43-46-49-52-59(64)65-55(50-47-44-41-38-35-33-30-26-23-20-17-14-11-8-5-2)53-58(63)60-56(54-61)57(62)51-48-45-42-39-36-32-24-21-18-15-12-9-6-3/h29,31,55-57,61-62H,4-28,30,32-54H2,1-3H3,(H,60,63)/b31-29+. The number of hydrogen-bond donors (Lipinski definition) is 3. The van der Waals surface area contributed by atoms with Gasteiger partial charge in [-0.25, -0.2) is 0 Å². The molecule has 0 spiro atoms. The van der Waals surface area contributed by atoms with E-state index in [4.69, 9.17) is 4.74 Å². The summed E-state index contributed by atoms with van der Waals surface area (Å²) < 4.78 is 5.97. The molecule has 0 saturated heterocycles. The first kappa shape index (κ1) is 63.6. The molecule has 3 unspecified atom stereocenters. The van der Waals surface area contributed by atoms with E-state index < -0.39 is 18.2 Å². The molecule has 0 aliphatic carbocycles. The number of esters is 1. The topological polar surface area (TPSA) is 95.9 Å². The molecule has 0 fully saturated rings. The molecule has 3 atom stereocenters. The second kappa shape index (κ2) is 53.6. The minimum absolute atomic E-state index is 0.0823. The summed E-state index contributed by atoms with van der Waals surface area (Å²) in [5, 5.41) is 23.9. The molecule has 0 aliphatic heterocycles. The van der Waals surface area contributed by atoms with Gasteiger partial charge in [0.25, 0.3) is 0 Å². The van der Waals surface area contributed by atoms with Gasteiger partial charge < -0.3 is 20.3 Å². The van der Waals surface area contributed by atoms with Crippen molar-refractivity contribution >= 4 is 11.9 Å². The Morgan fingerprint density at radius 1 is 0.431 bits per heavy atom. The number of allylic oxidation sites excluding steroid dienone is 2. The first-order valence-electron chi connectivity index (χ1n) is 29.4. The second-order valence-electron chi connectivity index (χ2n) is 20.4. The molecule has 0 saturated carbocycles. The molecule has 0 aromatic rings. The molecule has 0 aromatic heterocycles. The number of aliphatic hydroxyl groups is 2. The van der Waals surface area contributed by atoms with Gasteiger partial charge >= 0.3 is 5.97 Å². The Hall–Kier alpha value is -1.40. The monoisotopic (exact) mass is 918 g/mol. The molecular formula is C59H115NO5. The fraction of sp³-hybridized carbons (Fsp3) is 0.932. The number of nitrogens with one attached hydrogen (secondary N) is 1. The molecule has 0 heterocycles. The highest BCUT2D eigenvalue weighted by atomic mass is 16.5. The third-order valence-corrected chi connectivity index (χ3v) is 13.8. The predicted molar refractivity (Wildman–Crippen MR) is 283 cm³/mol. The quantitative estimate of drug-likeness (QED) is 0.0321. The van der Waals surface area contributed by atoms with Gasteiger partial charge in [-0.3, -0.25) is 9.59 Å². The number of amides is 1. The molecule has 3 N–H and O–H groups in total. The lowest BCUT2D eigenvalue weighted by Gasteiger charge is -2.24. The molecule has 0 aromatic carbocycles. The third-order valence-electron chi connectivity index (χ3n) is 13.8. The predicted octanol–water partition coefficient (Wildman–Crippen LogP) is 18.1. The summed E-state index contributed by atoms with van der Waals surface area (Å²) in [6, 6.07) is -0.697. The van der Waals surface area contributed by atoms with Crippen LogP contribution in [-0.2, 0) is 14.3 Å². The summed E-state index contributed by atoms with van der Waals surface area (Å²) in [4.78, 5) is 26.3. The van der Waals surface area contributed by atoms with Gasteiger partial charge in [-0.05, 0) is 51.4 Å². The fourth-order valence-electron chi connectivity index (χ4n) is 9.37. The average molecular weight is 919 g/mol. The van der Waals surface area contributed by atoms with E-state index in [0.29, 0.717) is 19.3 Å². The van der Waals surface area contributed by atoms with Crippen LogP contribution in [0.5, 0.6) is 0 Å². The largest absolute Gasteiger partial charge is 0.462 e. The van der Waals surface area contributed by atoms with E-state index in [1.807, 2.05) is 0 Å². The maximum atomic E-state index is 13.3. The van der Waals surface area contributed by atoms with Crippen molar-refractivity contribution in [3.63, 3.8) is 0 Å². The molecule has 386 valence electrons. The van der Waals surface area contributed by atoms with Crippen molar-refractivity contribution in [2.45, 2.75) is 347 Å². The normalized spacial score (nSPS) is 13.1. The number of hydrogen-bond acceptors (Lipinski definition) is 5. The SMILES string of the molecule is CCCCCCCCCCC/C=C/CCCCCCCC(=O)OC(CCCCCCCCCCCCCCCCC)CC(=O)NC(CO)C(O)CCCCCCCCCCCCCCC. The maximum Gasteiger partial charge on any atom is 0.306 e. The molecule has 1 amide bonds. The van der Waals surface area contributed by atoms with E-state index >= 15 is 0 Å². The van der Waals surface area contributed by atoms with Crippen molar-refractivity contribution in [2.75, 3.05) is 6.61 Å². The molecule has 0 aliphatic rings. The molecule has 65 heavy (non-hydrogen) atoms. The Balaban J connectivity index is 4.51. The van der Waals surface area contributed by atoms with Gasteiger partial charge in [0.05, 0.1) is 25.2 Å². The van der Waals surface area contributed by atoms with E-state index in [-0.39, 0.29) is 24.9 Å². The lowest BCUT2D eigenvalue weighted by atomic mass is 10.0. The van der Waals surface area contributed by atoms with Crippen LogP contribution in [0.25, 0.3) is 0 Å². The maximum absolute atomic E-state index is 13.3. The number of rotatable bonds is 54. The van der Waals surface area contributed by atoms with E-state index in [0.717, 1.165) is 51.4 Å². The van der Waals surface area contributed by atoms with Gasteiger partial charge in [-0.2, -0.15) is 0 Å². The van der Waals surface area contributed by atoms with Crippen LogP contribution in [0.1, 0.15) is 329 Å². The summed E-state index contributed by atoms with van der Waals surface area (Å²) in [7, 11) is 0. The van der Waals surface area contributed by atoms with Gasteiger partial charge in [0.15, 0.2) is 0 Å². The van der Waals surface area contributed by atoms with E-state index in [9.17, 15) is 19.8 Å². The lowest BCUT2D eigenvalue weighted by molar-refractivity contribution is -0.151. The van der Waals surface area contributed by atoms with Crippen LogP contribution in [-0.4, -0.2) is 46.9 Å². The number of aliphatic hydroxyl groups excluding tert-OH is 2. The van der Waals surface area contributed by atoms with Crippen LogP contribution in [0.2, 0.25) is 0 Å². The van der Waals surface area contributed by atoms with Crippen molar-refractivity contribution in [3.8, 4) is 0 Å². The molecule has 6 heteroatoms. The van der Waals surface area contributed by atoms with Gasteiger partial charge in [0, 0.05) is 6.42 Å². The van der Waals surface area contributed by atoms with Crippen LogP contribution < -0.4 is 5.32 Å². The molecule has 0 radical (unpaired) electrons. The fourth-order valence-corrected chi connectivity index (χ4v) is 9.37.